The van der Waals surface area contributed by atoms with Crippen molar-refractivity contribution in [3.8, 4) is 0 Å². The van der Waals surface area contributed by atoms with Gasteiger partial charge in [0.15, 0.2) is 0 Å². The molecule has 0 saturated heterocycles. The molecule has 118 valence electrons. The highest BCUT2D eigenvalue weighted by Crippen LogP contribution is 2.17. The summed E-state index contributed by atoms with van der Waals surface area (Å²) in [7, 11) is 1.15. The molecule has 0 spiro atoms. The Kier molecular flexibility index (Phi) is 7.87. The number of esters is 1. The average molecular weight is 294 g/mol. The normalized spacial score (nSPS) is 20.4. The molecule has 5 atom stereocenters. The van der Waals surface area contributed by atoms with Crippen molar-refractivity contribution in [3.05, 3.63) is 11.1 Å². The van der Waals surface area contributed by atoms with Crippen molar-refractivity contribution >= 4 is 5.97 Å². The lowest BCUT2D eigenvalue weighted by Crippen LogP contribution is -2.50. The highest BCUT2D eigenvalue weighted by atomic mass is 16.5. The quantitative estimate of drug-likeness (QED) is 0.219. The van der Waals surface area contributed by atoms with Crippen LogP contribution in [0.25, 0.3) is 0 Å². The number of ether oxygens (including phenoxy) is 1. The first-order valence-electron chi connectivity index (χ1n) is 5.95. The highest BCUT2D eigenvalue weighted by Gasteiger charge is 2.35. The largest absolute Gasteiger partial charge is 0.466 e. The summed E-state index contributed by atoms with van der Waals surface area (Å²) < 4.78 is 4.45. The predicted molar refractivity (Wildman–Crippen MR) is 67.5 cm³/mol. The van der Waals surface area contributed by atoms with Gasteiger partial charge in [-0.15, -0.1) is 0 Å². The van der Waals surface area contributed by atoms with E-state index in [0.717, 1.165) is 7.11 Å². The van der Waals surface area contributed by atoms with Gasteiger partial charge in [-0.3, -0.25) is 0 Å². The molecule has 0 heterocycles. The Hall–Kier alpha value is -1.03. The average Bonchev–Trinajstić information content (AvgIpc) is 2.48. The zero-order valence-corrected chi connectivity index (χ0v) is 11.6. The summed E-state index contributed by atoms with van der Waals surface area (Å²) >= 11 is 0. The molecule has 0 aromatic heterocycles. The molecule has 0 aromatic carbocycles. The first kappa shape index (κ1) is 19.0. The van der Waals surface area contributed by atoms with Gasteiger partial charge in [0.05, 0.1) is 13.7 Å². The third-order valence-corrected chi connectivity index (χ3v) is 3.13. The lowest BCUT2D eigenvalue weighted by molar-refractivity contribution is -0.138. The highest BCUT2D eigenvalue weighted by molar-refractivity contribution is 5.88. The minimum Gasteiger partial charge on any atom is -0.466 e. The van der Waals surface area contributed by atoms with Crippen molar-refractivity contribution in [2.75, 3.05) is 13.7 Å². The van der Waals surface area contributed by atoms with E-state index in [1.165, 1.54) is 13.8 Å². The summed E-state index contributed by atoms with van der Waals surface area (Å²) in [6.07, 6.45) is -8.93. The van der Waals surface area contributed by atoms with Gasteiger partial charge >= 0.3 is 5.97 Å². The van der Waals surface area contributed by atoms with Crippen LogP contribution < -0.4 is 0 Å². The SMILES string of the molecule is COC(=O)C(C)=C(C)C(O)[C@H](O)[C@@H](O)[C@H](O)[C@H](O)CO. The third kappa shape index (κ3) is 4.51. The Morgan fingerprint density at radius 2 is 1.50 bits per heavy atom. The van der Waals surface area contributed by atoms with Crippen molar-refractivity contribution in [2.45, 2.75) is 44.4 Å². The van der Waals surface area contributed by atoms with Crippen LogP contribution in [-0.2, 0) is 9.53 Å². The van der Waals surface area contributed by atoms with Crippen molar-refractivity contribution in [3.63, 3.8) is 0 Å². The fourth-order valence-corrected chi connectivity index (χ4v) is 1.52. The van der Waals surface area contributed by atoms with Gasteiger partial charge < -0.3 is 35.4 Å². The zero-order chi connectivity index (χ0) is 16.0. The van der Waals surface area contributed by atoms with E-state index >= 15 is 0 Å². The Bertz CT molecular complexity index is 353. The lowest BCUT2D eigenvalue weighted by atomic mass is 9.93. The van der Waals surface area contributed by atoms with Crippen molar-refractivity contribution in [2.24, 2.45) is 0 Å². The van der Waals surface area contributed by atoms with Gasteiger partial charge in [-0.25, -0.2) is 4.79 Å². The van der Waals surface area contributed by atoms with Crippen molar-refractivity contribution in [1.29, 1.82) is 0 Å². The molecule has 0 aliphatic heterocycles. The molecule has 8 nitrogen and oxygen atoms in total. The molecule has 0 aromatic rings. The van der Waals surface area contributed by atoms with Crippen LogP contribution in [-0.4, -0.2) is 80.8 Å². The first-order valence-corrected chi connectivity index (χ1v) is 5.95. The summed E-state index contributed by atoms with van der Waals surface area (Å²) in [6, 6.07) is 0. The molecule has 0 bridgehead atoms. The second-order valence-electron chi connectivity index (χ2n) is 4.47. The number of hydrogen-bond acceptors (Lipinski definition) is 8. The van der Waals surface area contributed by atoms with Gasteiger partial charge in [0.25, 0.3) is 0 Å². The van der Waals surface area contributed by atoms with E-state index in [0.29, 0.717) is 0 Å². The lowest BCUT2D eigenvalue weighted by Gasteiger charge is -2.29. The second-order valence-corrected chi connectivity index (χ2v) is 4.47. The van der Waals surface area contributed by atoms with E-state index in [1.807, 2.05) is 0 Å². The number of hydrogen-bond donors (Lipinski definition) is 6. The van der Waals surface area contributed by atoms with Gasteiger partial charge in [0, 0.05) is 5.57 Å². The fourth-order valence-electron chi connectivity index (χ4n) is 1.52. The maximum absolute atomic E-state index is 11.3. The summed E-state index contributed by atoms with van der Waals surface area (Å²) in [5.74, 6) is -0.709. The number of methoxy groups -OCH3 is 1. The van der Waals surface area contributed by atoms with Gasteiger partial charge in [0.1, 0.15) is 30.5 Å². The van der Waals surface area contributed by atoms with Crippen LogP contribution in [0.5, 0.6) is 0 Å². The minimum absolute atomic E-state index is 0.0449. The van der Waals surface area contributed by atoms with Crippen LogP contribution >= 0.6 is 0 Å². The number of carbonyl (C=O) groups excluding carboxylic acids is 1. The molecule has 8 heteroatoms. The van der Waals surface area contributed by atoms with Crippen molar-refractivity contribution in [1.82, 2.24) is 0 Å². The second kappa shape index (κ2) is 8.30. The smallest absolute Gasteiger partial charge is 0.333 e. The van der Waals surface area contributed by atoms with Crippen LogP contribution in [0.3, 0.4) is 0 Å². The van der Waals surface area contributed by atoms with Gasteiger partial charge in [0.2, 0.25) is 0 Å². The van der Waals surface area contributed by atoms with Crippen LogP contribution in [0.15, 0.2) is 11.1 Å². The monoisotopic (exact) mass is 294 g/mol. The minimum atomic E-state index is -1.91. The summed E-state index contributed by atoms with van der Waals surface area (Å²) in [5, 5.41) is 56.4. The molecular formula is C12H22O8. The number of rotatable bonds is 7. The van der Waals surface area contributed by atoms with E-state index in [2.05, 4.69) is 4.74 Å². The van der Waals surface area contributed by atoms with Gasteiger partial charge in [-0.05, 0) is 19.4 Å². The topological polar surface area (TPSA) is 148 Å². The number of aliphatic hydroxyl groups is 6. The first-order chi connectivity index (χ1) is 9.18. The molecule has 0 rings (SSSR count). The zero-order valence-electron chi connectivity index (χ0n) is 11.6. The number of aliphatic hydroxyl groups excluding tert-OH is 6. The summed E-state index contributed by atoms with van der Waals surface area (Å²) in [4.78, 5) is 11.3. The van der Waals surface area contributed by atoms with Crippen LogP contribution in [0.4, 0.5) is 0 Å². The molecule has 1 unspecified atom stereocenters. The molecule has 0 radical (unpaired) electrons. The van der Waals surface area contributed by atoms with Gasteiger partial charge in [-0.2, -0.15) is 0 Å². The van der Waals surface area contributed by atoms with E-state index in [9.17, 15) is 25.2 Å². The Labute approximate surface area is 116 Å². The third-order valence-electron chi connectivity index (χ3n) is 3.13. The maximum Gasteiger partial charge on any atom is 0.333 e. The van der Waals surface area contributed by atoms with Crippen LogP contribution in [0.2, 0.25) is 0 Å². The van der Waals surface area contributed by atoms with Crippen LogP contribution in [0.1, 0.15) is 13.8 Å². The molecule has 6 N–H and O–H groups in total. The van der Waals surface area contributed by atoms with Crippen LogP contribution in [0, 0.1) is 0 Å². The molecular weight excluding hydrogens is 272 g/mol. The molecule has 0 aliphatic carbocycles. The number of carbonyl (C=O) groups is 1. The van der Waals surface area contributed by atoms with E-state index in [-0.39, 0.29) is 11.1 Å². The van der Waals surface area contributed by atoms with E-state index in [4.69, 9.17) is 10.2 Å². The molecule has 20 heavy (non-hydrogen) atoms. The standard InChI is InChI=1S/C12H22O8/c1-5(6(2)12(19)20-3)8(15)10(17)11(18)9(16)7(14)4-13/h7-11,13-18H,4H2,1-3H3/t7-,8?,9-,10+,11+/m1/s1. The summed E-state index contributed by atoms with van der Waals surface area (Å²) in [5.41, 5.74) is 0.0949. The predicted octanol–water partition coefficient (Wildman–Crippen LogP) is -2.71. The molecule has 0 aliphatic rings. The maximum atomic E-state index is 11.3. The Morgan fingerprint density at radius 3 is 1.90 bits per heavy atom. The Balaban J connectivity index is 5.01. The van der Waals surface area contributed by atoms with Gasteiger partial charge in [-0.1, -0.05) is 0 Å². The molecule has 0 amide bonds. The molecule has 0 fully saturated rings. The van der Waals surface area contributed by atoms with E-state index in [1.54, 1.807) is 0 Å². The van der Waals surface area contributed by atoms with Crippen molar-refractivity contribution < 1.29 is 40.2 Å². The molecule has 0 saturated carbocycles. The fraction of sp³-hybridized carbons (Fsp3) is 0.750. The van der Waals surface area contributed by atoms with E-state index < -0.39 is 43.1 Å². The summed E-state index contributed by atoms with van der Waals surface area (Å²) in [6.45, 7) is 1.89. The Morgan fingerprint density at radius 1 is 1.00 bits per heavy atom.